The second-order valence-electron chi connectivity index (χ2n) is 4.00. The molecule has 1 aromatic rings. The van der Waals surface area contributed by atoms with Crippen LogP contribution in [0.2, 0.25) is 0 Å². The largest absolute Gasteiger partial charge is 0.469 e. The summed E-state index contributed by atoms with van der Waals surface area (Å²) < 4.78 is 4.60. The number of esters is 1. The van der Waals surface area contributed by atoms with E-state index in [9.17, 15) is 9.59 Å². The number of hydrogen-bond donors (Lipinski definition) is 1. The maximum Gasteiger partial charge on any atom is 0.306 e. The molecule has 1 rings (SSSR count). The van der Waals surface area contributed by atoms with Crippen LogP contribution < -0.4 is 5.56 Å². The lowest BCUT2D eigenvalue weighted by Crippen LogP contribution is -2.13. The number of ether oxygens (including phenoxy) is 1. The van der Waals surface area contributed by atoms with Crippen LogP contribution in [0.3, 0.4) is 0 Å². The molecular formula is C12H18N2O3S. The fourth-order valence-electron chi connectivity index (χ4n) is 1.47. The van der Waals surface area contributed by atoms with Gasteiger partial charge in [0.2, 0.25) is 0 Å². The van der Waals surface area contributed by atoms with Gasteiger partial charge in [0.1, 0.15) is 0 Å². The smallest absolute Gasteiger partial charge is 0.306 e. The van der Waals surface area contributed by atoms with E-state index in [2.05, 4.69) is 14.7 Å². The quantitative estimate of drug-likeness (QED) is 0.484. The molecule has 6 heteroatoms. The molecule has 18 heavy (non-hydrogen) atoms. The zero-order chi connectivity index (χ0) is 13.5. The van der Waals surface area contributed by atoms with Crippen LogP contribution in [0, 0.1) is 0 Å². The number of thioether (sulfide) groups is 1. The summed E-state index contributed by atoms with van der Waals surface area (Å²) in [5, 5.41) is 0.569. The van der Waals surface area contributed by atoms with E-state index in [0.29, 0.717) is 11.6 Å². The molecule has 1 atom stereocenters. The Kier molecular flexibility index (Phi) is 5.91. The molecule has 0 saturated heterocycles. The number of aromatic amines is 1. The Morgan fingerprint density at radius 2 is 2.33 bits per heavy atom. The molecule has 5 nitrogen and oxygen atoms in total. The van der Waals surface area contributed by atoms with Gasteiger partial charge in [-0.25, -0.2) is 4.98 Å². The Morgan fingerprint density at radius 1 is 1.61 bits per heavy atom. The van der Waals surface area contributed by atoms with E-state index in [4.69, 9.17) is 0 Å². The van der Waals surface area contributed by atoms with E-state index in [1.165, 1.54) is 24.9 Å². The standard InChI is InChI=1S/C12H18N2O3S/c1-4-5-9-7-10(15)14-12(13-9)18-8(2)6-11(16)17-3/h7-8H,4-6H2,1-3H3,(H,13,14,15). The van der Waals surface area contributed by atoms with E-state index in [0.717, 1.165) is 18.5 Å². The topological polar surface area (TPSA) is 72.0 Å². The van der Waals surface area contributed by atoms with Crippen molar-refractivity contribution in [1.29, 1.82) is 0 Å². The molecule has 1 heterocycles. The van der Waals surface area contributed by atoms with Crippen molar-refractivity contribution < 1.29 is 9.53 Å². The molecule has 0 fully saturated rings. The highest BCUT2D eigenvalue weighted by atomic mass is 32.2. The number of carbonyl (C=O) groups is 1. The summed E-state index contributed by atoms with van der Waals surface area (Å²) in [6.45, 7) is 3.93. The number of nitrogens with zero attached hydrogens (tertiary/aromatic N) is 1. The average Bonchev–Trinajstić information content (AvgIpc) is 2.28. The van der Waals surface area contributed by atoms with Gasteiger partial charge >= 0.3 is 5.97 Å². The summed E-state index contributed by atoms with van der Waals surface area (Å²) in [4.78, 5) is 29.6. The molecule has 0 saturated carbocycles. The minimum Gasteiger partial charge on any atom is -0.469 e. The molecule has 0 spiro atoms. The molecule has 0 amide bonds. The fraction of sp³-hybridized carbons (Fsp3) is 0.583. The third-order valence-corrected chi connectivity index (χ3v) is 3.26. The van der Waals surface area contributed by atoms with Gasteiger partial charge in [-0.2, -0.15) is 0 Å². The minimum atomic E-state index is -0.262. The zero-order valence-electron chi connectivity index (χ0n) is 10.9. The van der Waals surface area contributed by atoms with Crippen LogP contribution in [-0.4, -0.2) is 28.3 Å². The van der Waals surface area contributed by atoms with E-state index >= 15 is 0 Å². The van der Waals surface area contributed by atoms with E-state index < -0.39 is 0 Å². The van der Waals surface area contributed by atoms with Gasteiger partial charge < -0.3 is 9.72 Å². The highest BCUT2D eigenvalue weighted by Gasteiger charge is 2.12. The number of aryl methyl sites for hydroxylation is 1. The summed E-state index contributed by atoms with van der Waals surface area (Å²) in [5.41, 5.74) is 0.634. The molecule has 100 valence electrons. The molecule has 1 unspecified atom stereocenters. The van der Waals surface area contributed by atoms with Crippen LogP contribution in [0.15, 0.2) is 16.0 Å². The first-order valence-corrected chi connectivity index (χ1v) is 6.76. The minimum absolute atomic E-state index is 0.0116. The number of nitrogens with one attached hydrogen (secondary N) is 1. The molecular weight excluding hydrogens is 252 g/mol. The van der Waals surface area contributed by atoms with Gasteiger partial charge in [-0.3, -0.25) is 9.59 Å². The SMILES string of the molecule is CCCc1cc(=O)[nH]c(SC(C)CC(=O)OC)n1. The summed E-state index contributed by atoms with van der Waals surface area (Å²) >= 11 is 1.37. The molecule has 0 aromatic carbocycles. The molecule has 0 aliphatic rings. The number of rotatable bonds is 6. The second kappa shape index (κ2) is 7.20. The lowest BCUT2D eigenvalue weighted by atomic mass is 10.2. The van der Waals surface area contributed by atoms with Crippen LogP contribution in [0.25, 0.3) is 0 Å². The predicted octanol–water partition coefficient (Wildman–Crippen LogP) is 1.77. The highest BCUT2D eigenvalue weighted by Crippen LogP contribution is 2.21. The van der Waals surface area contributed by atoms with E-state index in [-0.39, 0.29) is 16.8 Å². The van der Waals surface area contributed by atoms with Crippen molar-refractivity contribution in [2.24, 2.45) is 0 Å². The Balaban J connectivity index is 2.71. The van der Waals surface area contributed by atoms with Crippen molar-refractivity contribution in [2.75, 3.05) is 7.11 Å². The fourth-order valence-corrected chi connectivity index (χ4v) is 2.40. The molecule has 0 aliphatic carbocycles. The monoisotopic (exact) mass is 270 g/mol. The number of methoxy groups -OCH3 is 1. The summed E-state index contributed by atoms with van der Waals surface area (Å²) in [5.74, 6) is -0.262. The van der Waals surface area contributed by atoms with Crippen molar-refractivity contribution in [3.8, 4) is 0 Å². The van der Waals surface area contributed by atoms with Crippen LogP contribution in [0.5, 0.6) is 0 Å². The Morgan fingerprint density at radius 3 is 2.94 bits per heavy atom. The summed E-state index contributed by atoms with van der Waals surface area (Å²) in [7, 11) is 1.36. The Bertz CT molecular complexity index is 459. The third-order valence-electron chi connectivity index (χ3n) is 2.27. The Labute approximate surface area is 110 Å². The number of aromatic nitrogens is 2. The summed E-state index contributed by atoms with van der Waals surface area (Å²) in [6, 6.07) is 1.51. The zero-order valence-corrected chi connectivity index (χ0v) is 11.7. The van der Waals surface area contributed by atoms with Gasteiger partial charge in [0.05, 0.1) is 13.5 Å². The third kappa shape index (κ3) is 4.91. The lowest BCUT2D eigenvalue weighted by Gasteiger charge is -2.09. The first-order valence-electron chi connectivity index (χ1n) is 5.88. The van der Waals surface area contributed by atoms with Crippen LogP contribution >= 0.6 is 11.8 Å². The lowest BCUT2D eigenvalue weighted by molar-refractivity contribution is -0.140. The van der Waals surface area contributed by atoms with Crippen LogP contribution in [0.4, 0.5) is 0 Å². The van der Waals surface area contributed by atoms with Crippen LogP contribution in [0.1, 0.15) is 32.4 Å². The van der Waals surface area contributed by atoms with Crippen LogP contribution in [-0.2, 0) is 16.0 Å². The number of hydrogen-bond acceptors (Lipinski definition) is 5. The predicted molar refractivity (Wildman–Crippen MR) is 70.8 cm³/mol. The van der Waals surface area contributed by atoms with Crippen molar-refractivity contribution in [3.63, 3.8) is 0 Å². The first kappa shape index (κ1) is 14.8. The average molecular weight is 270 g/mol. The van der Waals surface area contributed by atoms with Gasteiger partial charge in [-0.15, -0.1) is 0 Å². The molecule has 0 radical (unpaired) electrons. The molecule has 0 aliphatic heterocycles. The summed E-state index contributed by atoms with van der Waals surface area (Å²) in [6.07, 6.45) is 2.02. The second-order valence-corrected chi connectivity index (χ2v) is 5.43. The molecule has 0 bridgehead atoms. The van der Waals surface area contributed by atoms with Crippen molar-refractivity contribution in [2.45, 2.75) is 43.5 Å². The number of carbonyl (C=O) groups excluding carboxylic acids is 1. The van der Waals surface area contributed by atoms with E-state index in [1.807, 2.05) is 13.8 Å². The van der Waals surface area contributed by atoms with Crippen molar-refractivity contribution >= 4 is 17.7 Å². The van der Waals surface area contributed by atoms with Gasteiger partial charge in [-0.05, 0) is 6.42 Å². The van der Waals surface area contributed by atoms with Crippen molar-refractivity contribution in [1.82, 2.24) is 9.97 Å². The van der Waals surface area contributed by atoms with E-state index in [1.54, 1.807) is 0 Å². The van der Waals surface area contributed by atoms with Gasteiger partial charge in [0.25, 0.3) is 5.56 Å². The van der Waals surface area contributed by atoms with Gasteiger partial charge in [-0.1, -0.05) is 32.0 Å². The van der Waals surface area contributed by atoms with Crippen molar-refractivity contribution in [3.05, 3.63) is 22.1 Å². The van der Waals surface area contributed by atoms with Gasteiger partial charge in [0, 0.05) is 17.0 Å². The maximum atomic E-state index is 11.4. The molecule has 1 N–H and O–H groups in total. The maximum absolute atomic E-state index is 11.4. The van der Waals surface area contributed by atoms with Gasteiger partial charge in [0.15, 0.2) is 5.16 Å². The highest BCUT2D eigenvalue weighted by molar-refractivity contribution is 7.99. The normalized spacial score (nSPS) is 12.2. The Hall–Kier alpha value is -1.30. The number of H-pyrrole nitrogens is 1. The first-order chi connectivity index (χ1) is 8.55. The molecule has 1 aromatic heterocycles.